The first-order valence-electron chi connectivity index (χ1n) is 10.1. The molecule has 1 saturated carbocycles. The van der Waals surface area contributed by atoms with Crippen LogP contribution in [-0.2, 0) is 9.36 Å². The molecular formula is C21H31O9P. The molecule has 5 N–H and O–H groups in total. The van der Waals surface area contributed by atoms with Gasteiger partial charge in [-0.05, 0) is 48.3 Å². The average molecular weight is 458 g/mol. The highest BCUT2D eigenvalue weighted by Gasteiger charge is 2.37. The second kappa shape index (κ2) is 10.4. The van der Waals surface area contributed by atoms with Crippen LogP contribution in [0.3, 0.4) is 0 Å². The lowest BCUT2D eigenvalue weighted by Gasteiger charge is -2.26. The molecule has 1 aliphatic rings. The molecule has 0 aliphatic heterocycles. The second-order valence-electron chi connectivity index (χ2n) is 8.33. The first-order valence-corrected chi connectivity index (χ1v) is 11.7. The third-order valence-electron chi connectivity index (χ3n) is 5.38. The van der Waals surface area contributed by atoms with Gasteiger partial charge in [-0.15, -0.1) is 0 Å². The summed E-state index contributed by atoms with van der Waals surface area (Å²) in [4.78, 5) is 52.9. The number of aromatic carboxylic acids is 2. The highest BCUT2D eigenvalue weighted by molar-refractivity contribution is 7.60. The molecule has 2 rings (SSSR count). The Morgan fingerprint density at radius 1 is 0.839 bits per heavy atom. The van der Waals surface area contributed by atoms with E-state index in [0.717, 1.165) is 25.7 Å². The highest BCUT2D eigenvalue weighted by atomic mass is 31.2. The smallest absolute Gasteiger partial charge is 0.357 e. The van der Waals surface area contributed by atoms with Crippen LogP contribution in [0, 0.1) is 12.8 Å². The molecule has 0 unspecified atom stereocenters. The zero-order valence-corrected chi connectivity index (χ0v) is 19.3. The van der Waals surface area contributed by atoms with E-state index < -0.39 is 42.3 Å². The molecule has 1 aliphatic carbocycles. The van der Waals surface area contributed by atoms with Crippen molar-refractivity contribution in [2.24, 2.45) is 5.92 Å². The van der Waals surface area contributed by atoms with Crippen molar-refractivity contribution in [1.29, 1.82) is 0 Å². The Kier molecular flexibility index (Phi) is 8.99. The van der Waals surface area contributed by atoms with Gasteiger partial charge in [0.2, 0.25) is 0 Å². The molecule has 0 bridgehead atoms. The van der Waals surface area contributed by atoms with E-state index >= 15 is 0 Å². The summed E-state index contributed by atoms with van der Waals surface area (Å²) >= 11 is 0. The summed E-state index contributed by atoms with van der Waals surface area (Å²) < 4.78 is 12.0. The number of carbonyl (C=O) groups is 3. The van der Waals surface area contributed by atoms with Crippen molar-refractivity contribution in [1.82, 2.24) is 0 Å². The van der Waals surface area contributed by atoms with Gasteiger partial charge >= 0.3 is 25.5 Å². The molecule has 1 fully saturated rings. The fourth-order valence-corrected chi connectivity index (χ4v) is 5.35. The molecule has 0 radical (unpaired) electrons. The molecule has 0 aromatic heterocycles. The first-order chi connectivity index (χ1) is 14.1. The Morgan fingerprint density at radius 3 is 1.52 bits per heavy atom. The molecule has 9 nitrogen and oxygen atoms in total. The molecule has 0 atom stereocenters. The Morgan fingerprint density at radius 2 is 1.26 bits per heavy atom. The molecule has 1 aromatic carbocycles. The van der Waals surface area contributed by atoms with E-state index in [1.54, 1.807) is 27.7 Å². The van der Waals surface area contributed by atoms with Gasteiger partial charge in [0.25, 0.3) is 0 Å². The molecule has 1 aromatic rings. The largest absolute Gasteiger partial charge is 0.481 e. The van der Waals surface area contributed by atoms with Gasteiger partial charge in [0.1, 0.15) is 0 Å². The number of aliphatic carboxylic acids is 1. The topological polar surface area (TPSA) is 169 Å². The summed E-state index contributed by atoms with van der Waals surface area (Å²) in [5.41, 5.74) is -0.583. The zero-order chi connectivity index (χ0) is 24.3. The minimum Gasteiger partial charge on any atom is -0.481 e. The lowest BCUT2D eigenvalue weighted by Crippen LogP contribution is -2.28. The van der Waals surface area contributed by atoms with Crippen molar-refractivity contribution in [3.8, 4) is 0 Å². The minimum atomic E-state index is -4.92. The maximum absolute atomic E-state index is 12.0. The third-order valence-corrected chi connectivity index (χ3v) is 6.43. The summed E-state index contributed by atoms with van der Waals surface area (Å²) in [7, 11) is -4.92. The average Bonchev–Trinajstić information content (AvgIpc) is 3.14. The van der Waals surface area contributed by atoms with Crippen molar-refractivity contribution < 1.29 is 44.1 Å². The fraction of sp³-hybridized carbons (Fsp3) is 0.571. The quantitative estimate of drug-likeness (QED) is 0.399. The lowest BCUT2D eigenvalue weighted by molar-refractivity contribution is -0.141. The van der Waals surface area contributed by atoms with Crippen LogP contribution in [0.5, 0.6) is 0 Å². The Bertz CT molecular complexity index is 906. The summed E-state index contributed by atoms with van der Waals surface area (Å²) in [6.07, 6.45) is 4.01. The zero-order valence-electron chi connectivity index (χ0n) is 18.4. The van der Waals surface area contributed by atoms with Gasteiger partial charge in [-0.3, -0.25) is 9.36 Å². The van der Waals surface area contributed by atoms with Crippen LogP contribution in [0.2, 0.25) is 0 Å². The van der Waals surface area contributed by atoms with Crippen LogP contribution in [0.25, 0.3) is 0 Å². The van der Waals surface area contributed by atoms with Crippen LogP contribution in [0.15, 0.2) is 0 Å². The van der Waals surface area contributed by atoms with Gasteiger partial charge in [-0.2, -0.15) is 0 Å². The highest BCUT2D eigenvalue weighted by Crippen LogP contribution is 2.43. The molecule has 0 saturated heterocycles. The van der Waals surface area contributed by atoms with Crippen LogP contribution in [0.1, 0.15) is 103 Å². The summed E-state index contributed by atoms with van der Waals surface area (Å²) in [5, 5.41) is 26.8. The monoisotopic (exact) mass is 458 g/mol. The maximum atomic E-state index is 12.0. The van der Waals surface area contributed by atoms with E-state index in [2.05, 4.69) is 0 Å². The van der Waals surface area contributed by atoms with Crippen LogP contribution >= 0.6 is 7.60 Å². The number of rotatable bonds is 6. The fourth-order valence-electron chi connectivity index (χ4n) is 4.10. The van der Waals surface area contributed by atoms with E-state index in [1.807, 2.05) is 0 Å². The van der Waals surface area contributed by atoms with Crippen molar-refractivity contribution in [3.63, 3.8) is 0 Å². The SMILES string of the molecule is Cc1c(C(=O)O)c(C(C)C)c(C(C)C)c(P(=O)(O)O)c1C(=O)O.O=C(O)C1CCCC1. The van der Waals surface area contributed by atoms with Gasteiger partial charge < -0.3 is 25.1 Å². The van der Waals surface area contributed by atoms with Gasteiger partial charge in [0.15, 0.2) is 0 Å². The molecule has 10 heteroatoms. The predicted octanol–water partition coefficient (Wildman–Crippen LogP) is 3.70. The standard InChI is InChI=1S/C15H21O7P.C6H10O2/c1-6(2)9-10(7(3)4)13(23(20,21)22)12(15(18)19)8(5)11(9)14(16)17;7-6(8)5-3-1-2-4-5/h6-7H,1-5H3,(H,16,17)(H,18,19)(H2,20,21,22);5H,1-4H2,(H,7,8). The number of hydrogen-bond donors (Lipinski definition) is 5. The van der Waals surface area contributed by atoms with Gasteiger partial charge in [0, 0.05) is 0 Å². The van der Waals surface area contributed by atoms with E-state index in [1.165, 1.54) is 6.92 Å². The van der Waals surface area contributed by atoms with Crippen molar-refractivity contribution in [2.75, 3.05) is 0 Å². The van der Waals surface area contributed by atoms with E-state index in [4.69, 9.17) is 5.11 Å². The lowest BCUT2D eigenvalue weighted by atomic mass is 9.82. The van der Waals surface area contributed by atoms with E-state index in [9.17, 15) is 38.9 Å². The second-order valence-corrected chi connectivity index (χ2v) is 9.87. The Hall–Kier alpha value is -2.22. The molecule has 0 spiro atoms. The van der Waals surface area contributed by atoms with Gasteiger partial charge in [-0.25, -0.2) is 9.59 Å². The predicted molar refractivity (Wildman–Crippen MR) is 115 cm³/mol. The molecule has 31 heavy (non-hydrogen) atoms. The number of carboxylic acids is 3. The number of carboxylic acid groups (broad SMARTS) is 3. The van der Waals surface area contributed by atoms with Gasteiger partial charge in [0.05, 0.1) is 22.3 Å². The third kappa shape index (κ3) is 6.15. The normalized spacial score (nSPS) is 14.5. The van der Waals surface area contributed by atoms with Crippen LogP contribution < -0.4 is 5.30 Å². The first kappa shape index (κ1) is 26.8. The molecule has 0 amide bonds. The number of benzene rings is 1. The summed E-state index contributed by atoms with van der Waals surface area (Å²) in [6.45, 7) is 7.97. The number of hydrogen-bond acceptors (Lipinski definition) is 4. The van der Waals surface area contributed by atoms with E-state index in [-0.39, 0.29) is 34.1 Å². The Labute approximate surface area is 181 Å². The molecule has 0 heterocycles. The molecule has 174 valence electrons. The summed E-state index contributed by atoms with van der Waals surface area (Å²) in [6, 6.07) is 0. The minimum absolute atomic E-state index is 0.0185. The van der Waals surface area contributed by atoms with Crippen molar-refractivity contribution in [3.05, 3.63) is 27.8 Å². The van der Waals surface area contributed by atoms with Crippen LogP contribution in [-0.4, -0.2) is 43.0 Å². The van der Waals surface area contributed by atoms with Gasteiger partial charge in [-0.1, -0.05) is 40.5 Å². The summed E-state index contributed by atoms with van der Waals surface area (Å²) in [5.74, 6) is -4.29. The van der Waals surface area contributed by atoms with Crippen LogP contribution in [0.4, 0.5) is 0 Å². The Balaban J connectivity index is 0.000000500. The van der Waals surface area contributed by atoms with Crippen molar-refractivity contribution >= 4 is 30.8 Å². The van der Waals surface area contributed by atoms with Crippen molar-refractivity contribution in [2.45, 2.75) is 72.1 Å². The maximum Gasteiger partial charge on any atom is 0.357 e. The van der Waals surface area contributed by atoms with E-state index in [0.29, 0.717) is 0 Å². The molecular weight excluding hydrogens is 427 g/mol.